The lowest BCUT2D eigenvalue weighted by molar-refractivity contribution is 1.53. The van der Waals surface area contributed by atoms with Crippen molar-refractivity contribution in [2.24, 2.45) is 4.36 Å². The van der Waals surface area contributed by atoms with Gasteiger partial charge in [0.05, 0.1) is 0 Å². The normalized spacial score (nSPS) is 4.00. The van der Waals surface area contributed by atoms with E-state index < -0.39 is 0 Å². The van der Waals surface area contributed by atoms with Crippen LogP contribution in [0, 0.1) is 5.41 Å². The fraction of sp³-hybridized carbons (Fsp3) is 0. The first kappa shape index (κ1) is 8.88. The molecule has 0 unspecified atom stereocenters. The molecule has 30 valence electrons. The summed E-state index contributed by atoms with van der Waals surface area (Å²) in [7, 11) is 0. The minimum absolute atomic E-state index is 0. The molecule has 0 saturated carbocycles. The number of rotatable bonds is 1. The van der Waals surface area contributed by atoms with Crippen molar-refractivity contribution in [1.29, 1.82) is 5.41 Å². The van der Waals surface area contributed by atoms with Gasteiger partial charge in [-0.05, 0) is 0 Å². The van der Waals surface area contributed by atoms with Crippen LogP contribution in [-0.2, 0) is 12.4 Å². The summed E-state index contributed by atoms with van der Waals surface area (Å²) in [6.45, 7) is 0. The van der Waals surface area contributed by atoms with Gasteiger partial charge in [-0.15, -0.1) is 12.4 Å². The highest BCUT2D eigenvalue weighted by Crippen LogP contribution is 1.36. The third kappa shape index (κ3) is 16.2. The Bertz CT molecular complexity index is 30.6. The highest BCUT2D eigenvalue weighted by molar-refractivity contribution is 7.47. The molecule has 0 fully saturated rings. The zero-order valence-electron chi connectivity index (χ0n) is 2.34. The molecule has 2 nitrogen and oxygen atoms in total. The van der Waals surface area contributed by atoms with E-state index in [9.17, 15) is 0 Å². The van der Waals surface area contributed by atoms with E-state index in [1.165, 1.54) is 0 Å². The van der Waals surface area contributed by atoms with E-state index in [-0.39, 0.29) is 12.4 Å². The third-order valence-corrected chi connectivity index (χ3v) is 0.158. The average Bonchev–Trinajstić information content (AvgIpc) is 1.37. The van der Waals surface area contributed by atoms with E-state index in [4.69, 9.17) is 5.41 Å². The van der Waals surface area contributed by atoms with Crippen LogP contribution in [0.25, 0.3) is 0 Å². The Labute approximate surface area is 41.7 Å². The quantitative estimate of drug-likeness (QED) is 0.392. The number of nitrogens with zero attached hydrogens (tertiary/aromatic N) is 1. The molecule has 0 radical (unpaired) electrons. The molecule has 1 N–H and O–H groups in total. The van der Waals surface area contributed by atoms with E-state index in [1.807, 2.05) is 0 Å². The maximum atomic E-state index is 6.06. The van der Waals surface area contributed by atoms with Crippen molar-refractivity contribution in [3.05, 3.63) is 0 Å². The molecule has 0 aliphatic carbocycles. The summed E-state index contributed by atoms with van der Waals surface area (Å²) in [6, 6.07) is 0. The predicted molar refractivity (Wildman–Crippen MR) is 25.8 cm³/mol. The first-order chi connectivity index (χ1) is 1.91. The van der Waals surface area contributed by atoms with Crippen molar-refractivity contribution in [2.75, 3.05) is 0 Å². The van der Waals surface area contributed by atoms with Gasteiger partial charge < -0.3 is 0 Å². The van der Waals surface area contributed by atoms with E-state index in [0.29, 0.717) is 0 Å². The molecule has 0 rings (SSSR count). The van der Waals surface area contributed by atoms with Crippen LogP contribution < -0.4 is 0 Å². The molecule has 0 spiro atoms. The smallest absolute Gasteiger partial charge is 0.121 e. The molecule has 0 aromatic heterocycles. The molecule has 0 heterocycles. The Balaban J connectivity index is 0. The van der Waals surface area contributed by atoms with E-state index >= 15 is 0 Å². The van der Waals surface area contributed by atoms with E-state index in [0.717, 1.165) is 6.34 Å². The molecule has 0 bridgehead atoms. The molecule has 5 heavy (non-hydrogen) atoms. The molecular formula is CH3ClN2S. The van der Waals surface area contributed by atoms with Gasteiger partial charge in [0.1, 0.15) is 6.34 Å². The largest absolute Gasteiger partial charge is 0.289 e. The van der Waals surface area contributed by atoms with Crippen molar-refractivity contribution in [3.63, 3.8) is 0 Å². The molecule has 0 atom stereocenters. The van der Waals surface area contributed by atoms with Gasteiger partial charge in [0, 0.05) is 12.4 Å². The van der Waals surface area contributed by atoms with Gasteiger partial charge >= 0.3 is 0 Å². The molecule has 0 saturated heterocycles. The first-order valence-corrected chi connectivity index (χ1v) is 1.09. The third-order valence-electron chi connectivity index (χ3n) is 0.0527. The van der Waals surface area contributed by atoms with Gasteiger partial charge in [-0.25, -0.2) is 0 Å². The van der Waals surface area contributed by atoms with Gasteiger partial charge in [0.2, 0.25) is 0 Å². The van der Waals surface area contributed by atoms with Crippen molar-refractivity contribution >= 4 is 31.2 Å². The molecular weight excluding hydrogens is 108 g/mol. The number of halogens is 1. The predicted octanol–water partition coefficient (Wildman–Crippen LogP) is 0.746. The second kappa shape index (κ2) is 9.02. The highest BCUT2D eigenvalue weighted by atomic mass is 35.5. The minimum Gasteiger partial charge on any atom is -0.289 e. The van der Waals surface area contributed by atoms with Crippen molar-refractivity contribution in [3.8, 4) is 0 Å². The summed E-state index contributed by atoms with van der Waals surface area (Å²) in [5, 5.41) is 6.06. The van der Waals surface area contributed by atoms with Crippen molar-refractivity contribution in [1.82, 2.24) is 0 Å². The standard InChI is InChI=1S/CH2N2S.ClH/c2-1-3-4;/h1-2H;1H. The topological polar surface area (TPSA) is 36.2 Å². The summed E-state index contributed by atoms with van der Waals surface area (Å²) < 4.78 is 2.86. The molecule has 4 heteroatoms. The van der Waals surface area contributed by atoms with Crippen LogP contribution in [0.15, 0.2) is 4.36 Å². The second-order valence-corrected chi connectivity index (χ2v) is 0.445. The number of hydrogen-bond donors (Lipinski definition) is 1. The maximum Gasteiger partial charge on any atom is 0.121 e. The fourth-order valence-corrected chi connectivity index (χ4v) is 0. The molecule has 0 aliphatic rings. The zero-order valence-corrected chi connectivity index (χ0v) is 3.97. The van der Waals surface area contributed by atoms with Gasteiger partial charge in [0.25, 0.3) is 0 Å². The summed E-state index contributed by atoms with van der Waals surface area (Å²) in [4.78, 5) is 0. The van der Waals surface area contributed by atoms with Crippen LogP contribution in [0.4, 0.5) is 0 Å². The van der Waals surface area contributed by atoms with Gasteiger partial charge in [-0.3, -0.25) is 5.41 Å². The number of nitrogens with one attached hydrogen (secondary N) is 1. The van der Waals surface area contributed by atoms with Crippen LogP contribution >= 0.6 is 12.4 Å². The highest BCUT2D eigenvalue weighted by Gasteiger charge is 1.33. The first-order valence-electron chi connectivity index (χ1n) is 0.729. The molecule has 0 amide bonds. The second-order valence-electron chi connectivity index (χ2n) is 0.235. The van der Waals surface area contributed by atoms with E-state index in [2.05, 4.69) is 16.8 Å². The Morgan fingerprint density at radius 3 is 2.00 bits per heavy atom. The Morgan fingerprint density at radius 1 is 1.80 bits per heavy atom. The van der Waals surface area contributed by atoms with Crippen LogP contribution in [0.5, 0.6) is 0 Å². The average molecular weight is 111 g/mol. The zero-order chi connectivity index (χ0) is 3.41. The van der Waals surface area contributed by atoms with Gasteiger partial charge in [0.15, 0.2) is 0 Å². The summed E-state index contributed by atoms with van der Waals surface area (Å²) in [5.41, 5.74) is 0. The van der Waals surface area contributed by atoms with Crippen molar-refractivity contribution in [2.45, 2.75) is 0 Å². The monoisotopic (exact) mass is 110 g/mol. The van der Waals surface area contributed by atoms with Crippen LogP contribution in [-0.4, -0.2) is 6.34 Å². The fourth-order valence-electron chi connectivity index (χ4n) is 0. The van der Waals surface area contributed by atoms with Crippen molar-refractivity contribution < 1.29 is 0 Å². The lowest BCUT2D eigenvalue weighted by atomic mass is 11.4. The van der Waals surface area contributed by atoms with E-state index in [1.54, 1.807) is 0 Å². The Hall–Kier alpha value is -0.0200. The van der Waals surface area contributed by atoms with Crippen LogP contribution in [0.1, 0.15) is 0 Å². The number of hydrogen-bond acceptors (Lipinski definition) is 2. The summed E-state index contributed by atoms with van der Waals surface area (Å²) >= 11 is 3.94. The van der Waals surface area contributed by atoms with Crippen LogP contribution in [0.2, 0.25) is 0 Å². The SMILES string of the molecule is Cl.N=CN=S. The Morgan fingerprint density at radius 2 is 2.00 bits per heavy atom. The Kier molecular flexibility index (Phi) is 16.0. The van der Waals surface area contributed by atoms with Gasteiger partial charge in [-0.1, -0.05) is 0 Å². The maximum absolute atomic E-state index is 6.06. The summed E-state index contributed by atoms with van der Waals surface area (Å²) in [6.07, 6.45) is 0.815. The summed E-state index contributed by atoms with van der Waals surface area (Å²) in [5.74, 6) is 0. The van der Waals surface area contributed by atoms with Crippen LogP contribution in [0.3, 0.4) is 0 Å². The lowest BCUT2D eigenvalue weighted by Crippen LogP contribution is -1.41. The molecule has 0 aliphatic heterocycles. The molecule has 0 aromatic carbocycles. The minimum atomic E-state index is 0. The van der Waals surface area contributed by atoms with Gasteiger partial charge in [-0.2, -0.15) is 4.36 Å². The molecule has 0 aromatic rings. The lowest BCUT2D eigenvalue weighted by Gasteiger charge is -1.42.